The van der Waals surface area contributed by atoms with Crippen LogP contribution >= 0.6 is 22.9 Å². The van der Waals surface area contributed by atoms with Crippen LogP contribution in [0, 0.1) is 0 Å². The molecule has 0 spiro atoms. The van der Waals surface area contributed by atoms with Gasteiger partial charge in [0.25, 0.3) is 11.8 Å². The van der Waals surface area contributed by atoms with Gasteiger partial charge in [0.15, 0.2) is 0 Å². The zero-order valence-electron chi connectivity index (χ0n) is 12.8. The normalized spacial score (nSPS) is 10.3. The van der Waals surface area contributed by atoms with Crippen LogP contribution in [0.3, 0.4) is 0 Å². The Bertz CT molecular complexity index is 926. The van der Waals surface area contributed by atoms with E-state index in [9.17, 15) is 14.7 Å². The van der Waals surface area contributed by atoms with Gasteiger partial charge in [0.2, 0.25) is 0 Å². The van der Waals surface area contributed by atoms with Gasteiger partial charge in [-0.15, -0.1) is 11.3 Å². The molecule has 5 nitrogen and oxygen atoms in total. The molecule has 3 aromatic rings. The lowest BCUT2D eigenvalue weighted by atomic mass is 10.1. The SMILES string of the molecule is O=C(Nc1cccc(O)c1)c1ccc(Cl)c(NC(=O)c2cccs2)c1. The number of amides is 2. The maximum atomic E-state index is 12.4. The van der Waals surface area contributed by atoms with Gasteiger partial charge in [-0.05, 0) is 41.8 Å². The van der Waals surface area contributed by atoms with Crippen LogP contribution in [0.5, 0.6) is 5.75 Å². The maximum absolute atomic E-state index is 12.4. The first-order chi connectivity index (χ1) is 12.0. The van der Waals surface area contributed by atoms with E-state index >= 15 is 0 Å². The van der Waals surface area contributed by atoms with Crippen LogP contribution in [0.25, 0.3) is 0 Å². The van der Waals surface area contributed by atoms with Crippen molar-refractivity contribution >= 4 is 46.1 Å². The molecule has 0 aliphatic carbocycles. The van der Waals surface area contributed by atoms with E-state index in [0.717, 1.165) is 0 Å². The first-order valence-electron chi connectivity index (χ1n) is 7.28. The Morgan fingerprint density at radius 2 is 1.80 bits per heavy atom. The Balaban J connectivity index is 1.78. The molecular weight excluding hydrogens is 360 g/mol. The van der Waals surface area contributed by atoms with E-state index in [4.69, 9.17) is 11.6 Å². The van der Waals surface area contributed by atoms with E-state index in [-0.39, 0.29) is 17.6 Å². The van der Waals surface area contributed by atoms with Gasteiger partial charge < -0.3 is 15.7 Å². The van der Waals surface area contributed by atoms with Crippen LogP contribution < -0.4 is 10.6 Å². The summed E-state index contributed by atoms with van der Waals surface area (Å²) < 4.78 is 0. The van der Waals surface area contributed by atoms with Gasteiger partial charge >= 0.3 is 0 Å². The van der Waals surface area contributed by atoms with Gasteiger partial charge in [-0.2, -0.15) is 0 Å². The molecule has 0 aliphatic heterocycles. The van der Waals surface area contributed by atoms with Crippen LogP contribution in [0.1, 0.15) is 20.0 Å². The Morgan fingerprint density at radius 3 is 2.52 bits per heavy atom. The number of nitrogens with one attached hydrogen (secondary N) is 2. The minimum Gasteiger partial charge on any atom is -0.508 e. The number of hydrogen-bond donors (Lipinski definition) is 3. The summed E-state index contributed by atoms with van der Waals surface area (Å²) in [7, 11) is 0. The molecule has 0 unspecified atom stereocenters. The standard InChI is InChI=1S/C18H13ClN2O3S/c19-14-7-6-11(17(23)20-12-3-1-4-13(22)10-12)9-15(14)21-18(24)16-5-2-8-25-16/h1-10,22H,(H,20,23)(H,21,24). The molecule has 0 aliphatic rings. The van der Waals surface area contributed by atoms with Gasteiger partial charge in [0, 0.05) is 17.3 Å². The van der Waals surface area contributed by atoms with Crippen molar-refractivity contribution in [2.75, 3.05) is 10.6 Å². The minimum atomic E-state index is -0.381. The highest BCUT2D eigenvalue weighted by atomic mass is 35.5. The van der Waals surface area contributed by atoms with Crippen molar-refractivity contribution in [2.24, 2.45) is 0 Å². The highest BCUT2D eigenvalue weighted by molar-refractivity contribution is 7.12. The number of phenolic OH excluding ortho intramolecular Hbond substituents is 1. The summed E-state index contributed by atoms with van der Waals surface area (Å²) in [5.74, 6) is -0.617. The lowest BCUT2D eigenvalue weighted by Gasteiger charge is -2.10. The Morgan fingerprint density at radius 1 is 0.960 bits per heavy atom. The number of halogens is 1. The number of hydrogen-bond acceptors (Lipinski definition) is 4. The summed E-state index contributed by atoms with van der Waals surface area (Å²) in [6.45, 7) is 0. The molecule has 25 heavy (non-hydrogen) atoms. The van der Waals surface area contributed by atoms with E-state index in [0.29, 0.717) is 26.8 Å². The van der Waals surface area contributed by atoms with Crippen molar-refractivity contribution in [1.29, 1.82) is 0 Å². The molecule has 1 aromatic heterocycles. The number of carbonyl (C=O) groups excluding carboxylic acids is 2. The second kappa shape index (κ2) is 7.38. The van der Waals surface area contributed by atoms with Crippen molar-refractivity contribution in [1.82, 2.24) is 0 Å². The fourth-order valence-electron chi connectivity index (χ4n) is 2.14. The van der Waals surface area contributed by atoms with Crippen LogP contribution in [-0.2, 0) is 0 Å². The van der Waals surface area contributed by atoms with Crippen LogP contribution in [0.15, 0.2) is 60.0 Å². The number of rotatable bonds is 4. The largest absolute Gasteiger partial charge is 0.508 e. The molecule has 0 fully saturated rings. The number of anilines is 2. The molecule has 2 amide bonds. The predicted octanol–water partition coefficient (Wildman–Crippen LogP) is 4.61. The van der Waals surface area contributed by atoms with Crippen molar-refractivity contribution in [2.45, 2.75) is 0 Å². The van der Waals surface area contributed by atoms with Crippen LogP contribution in [0.2, 0.25) is 5.02 Å². The van der Waals surface area contributed by atoms with Gasteiger partial charge in [0.05, 0.1) is 15.6 Å². The van der Waals surface area contributed by atoms with E-state index < -0.39 is 0 Å². The fraction of sp³-hybridized carbons (Fsp3) is 0. The molecule has 3 rings (SSSR count). The lowest BCUT2D eigenvalue weighted by molar-refractivity contribution is 0.101. The quantitative estimate of drug-likeness (QED) is 0.625. The van der Waals surface area contributed by atoms with Crippen molar-refractivity contribution in [3.8, 4) is 5.75 Å². The van der Waals surface area contributed by atoms with Gasteiger partial charge in [-0.1, -0.05) is 23.7 Å². The van der Waals surface area contributed by atoms with Gasteiger partial charge in [-0.25, -0.2) is 0 Å². The van der Waals surface area contributed by atoms with Crippen LogP contribution in [-0.4, -0.2) is 16.9 Å². The third kappa shape index (κ3) is 4.17. The number of phenols is 1. The summed E-state index contributed by atoms with van der Waals surface area (Å²) in [5.41, 5.74) is 1.14. The molecule has 1 heterocycles. The fourth-order valence-corrected chi connectivity index (χ4v) is 2.92. The highest BCUT2D eigenvalue weighted by Crippen LogP contribution is 2.25. The average molecular weight is 373 g/mol. The van der Waals surface area contributed by atoms with E-state index in [1.165, 1.54) is 29.5 Å². The molecule has 126 valence electrons. The number of aromatic hydroxyl groups is 1. The first-order valence-corrected chi connectivity index (χ1v) is 8.53. The molecule has 0 bridgehead atoms. The zero-order valence-corrected chi connectivity index (χ0v) is 14.4. The molecule has 0 saturated carbocycles. The second-order valence-electron chi connectivity index (χ2n) is 5.13. The van der Waals surface area contributed by atoms with Crippen molar-refractivity contribution in [3.63, 3.8) is 0 Å². The number of thiophene rings is 1. The number of benzene rings is 2. The topological polar surface area (TPSA) is 78.4 Å². The third-order valence-corrected chi connectivity index (χ3v) is 4.52. The molecule has 7 heteroatoms. The molecular formula is C18H13ClN2O3S. The maximum Gasteiger partial charge on any atom is 0.265 e. The Hall–Kier alpha value is -2.83. The molecule has 0 atom stereocenters. The second-order valence-corrected chi connectivity index (χ2v) is 6.49. The molecule has 0 saturated heterocycles. The molecule has 3 N–H and O–H groups in total. The summed E-state index contributed by atoms with van der Waals surface area (Å²) in [4.78, 5) is 25.1. The lowest BCUT2D eigenvalue weighted by Crippen LogP contribution is -2.14. The average Bonchev–Trinajstić information content (AvgIpc) is 3.11. The first kappa shape index (κ1) is 17.0. The predicted molar refractivity (Wildman–Crippen MR) is 99.8 cm³/mol. The monoisotopic (exact) mass is 372 g/mol. The van der Waals surface area contributed by atoms with Gasteiger partial charge in [0.1, 0.15) is 5.75 Å². The van der Waals surface area contributed by atoms with Crippen molar-refractivity contribution in [3.05, 3.63) is 75.4 Å². The minimum absolute atomic E-state index is 0.0535. The van der Waals surface area contributed by atoms with E-state index in [2.05, 4.69) is 10.6 Å². The summed E-state index contributed by atoms with van der Waals surface area (Å²) >= 11 is 7.42. The highest BCUT2D eigenvalue weighted by Gasteiger charge is 2.13. The Labute approximate surface area is 152 Å². The smallest absolute Gasteiger partial charge is 0.265 e. The van der Waals surface area contributed by atoms with Crippen molar-refractivity contribution < 1.29 is 14.7 Å². The Kier molecular flexibility index (Phi) is 5.02. The van der Waals surface area contributed by atoms with E-state index in [1.54, 1.807) is 41.8 Å². The molecule has 2 aromatic carbocycles. The van der Waals surface area contributed by atoms with Gasteiger partial charge in [-0.3, -0.25) is 9.59 Å². The summed E-state index contributed by atoms with van der Waals surface area (Å²) in [6, 6.07) is 14.3. The zero-order chi connectivity index (χ0) is 17.8. The van der Waals surface area contributed by atoms with Crippen LogP contribution in [0.4, 0.5) is 11.4 Å². The third-order valence-electron chi connectivity index (χ3n) is 3.33. The summed E-state index contributed by atoms with van der Waals surface area (Å²) in [6.07, 6.45) is 0. The summed E-state index contributed by atoms with van der Waals surface area (Å²) in [5, 5.41) is 17.0. The van der Waals surface area contributed by atoms with E-state index in [1.807, 2.05) is 0 Å². The molecule has 0 radical (unpaired) electrons. The number of carbonyl (C=O) groups is 2.